The predicted molar refractivity (Wildman–Crippen MR) is 78.3 cm³/mol. The lowest BCUT2D eigenvalue weighted by Crippen LogP contribution is -2.35. The summed E-state index contributed by atoms with van der Waals surface area (Å²) >= 11 is 0. The highest BCUT2D eigenvalue weighted by atomic mass is 15.3. The number of nitrogens with one attached hydrogen (secondary N) is 1. The maximum atomic E-state index is 5.35. The van der Waals surface area contributed by atoms with Crippen molar-refractivity contribution < 1.29 is 0 Å². The molecule has 1 rings (SSSR count). The van der Waals surface area contributed by atoms with Crippen molar-refractivity contribution in [2.24, 2.45) is 5.84 Å². The van der Waals surface area contributed by atoms with Gasteiger partial charge < -0.3 is 0 Å². The Kier molecular flexibility index (Phi) is 4.91. The van der Waals surface area contributed by atoms with Crippen LogP contribution < -0.4 is 11.3 Å². The molecule has 102 valence electrons. The normalized spacial score (nSPS) is 12.2. The highest BCUT2D eigenvalue weighted by molar-refractivity contribution is 5.40. The van der Waals surface area contributed by atoms with Crippen LogP contribution in [0, 0.1) is 13.8 Å². The summed E-state index contributed by atoms with van der Waals surface area (Å²) < 4.78 is 0. The van der Waals surface area contributed by atoms with Crippen molar-refractivity contribution in [1.29, 1.82) is 0 Å². The first-order chi connectivity index (χ1) is 8.25. The monoisotopic (exact) mass is 249 g/mol. The van der Waals surface area contributed by atoms with E-state index in [0.717, 1.165) is 6.54 Å². The maximum Gasteiger partial charge on any atom is 0.0612 e. The smallest absolute Gasteiger partial charge is 0.0612 e. The molecule has 3 N–H and O–H groups in total. The summed E-state index contributed by atoms with van der Waals surface area (Å²) in [7, 11) is 2.07. The van der Waals surface area contributed by atoms with E-state index in [1.807, 2.05) is 0 Å². The van der Waals surface area contributed by atoms with Crippen molar-refractivity contribution in [1.82, 2.24) is 10.3 Å². The molecule has 0 unspecified atom stereocenters. The number of hydrogen-bond acceptors (Lipinski definition) is 3. The van der Waals surface area contributed by atoms with E-state index in [2.05, 4.69) is 64.1 Å². The second-order valence-electron chi connectivity index (χ2n) is 6.22. The Balaban J connectivity index is 3.02. The predicted octanol–water partition coefficient (Wildman–Crippen LogP) is 2.45. The van der Waals surface area contributed by atoms with Crippen LogP contribution in [0.2, 0.25) is 0 Å². The number of nitrogens with two attached hydrogens (primary N) is 1. The van der Waals surface area contributed by atoms with Gasteiger partial charge in [0.25, 0.3) is 0 Å². The van der Waals surface area contributed by atoms with Gasteiger partial charge in [0.15, 0.2) is 0 Å². The molecule has 0 saturated heterocycles. The molecule has 0 atom stereocenters. The largest absolute Gasteiger partial charge is 0.288 e. The molecule has 0 amide bonds. The Morgan fingerprint density at radius 1 is 1.17 bits per heavy atom. The van der Waals surface area contributed by atoms with Gasteiger partial charge in [-0.25, -0.2) is 5.43 Å². The van der Waals surface area contributed by atoms with E-state index in [9.17, 15) is 0 Å². The number of hydrazine groups is 1. The molecule has 3 heteroatoms. The first kappa shape index (κ1) is 15.2. The highest BCUT2D eigenvalue weighted by Gasteiger charge is 2.16. The number of benzene rings is 1. The third kappa shape index (κ3) is 3.80. The molecular weight excluding hydrogens is 222 g/mol. The van der Waals surface area contributed by atoms with Crippen LogP contribution in [-0.2, 0) is 12.0 Å². The Bertz CT molecular complexity index is 382. The quantitative estimate of drug-likeness (QED) is 0.489. The van der Waals surface area contributed by atoms with E-state index in [-0.39, 0.29) is 5.41 Å². The minimum atomic E-state index is 0.207. The van der Waals surface area contributed by atoms with Gasteiger partial charge in [-0.3, -0.25) is 10.7 Å². The highest BCUT2D eigenvalue weighted by Crippen LogP contribution is 2.27. The Labute approximate surface area is 111 Å². The summed E-state index contributed by atoms with van der Waals surface area (Å²) in [6.07, 6.45) is 0. The fourth-order valence-electron chi connectivity index (χ4n) is 2.16. The maximum absolute atomic E-state index is 5.35. The van der Waals surface area contributed by atoms with Crippen molar-refractivity contribution >= 4 is 0 Å². The van der Waals surface area contributed by atoms with Gasteiger partial charge in [-0.15, -0.1) is 0 Å². The molecule has 0 heterocycles. The van der Waals surface area contributed by atoms with E-state index in [1.54, 1.807) is 0 Å². The fourth-order valence-corrected chi connectivity index (χ4v) is 2.16. The van der Waals surface area contributed by atoms with Crippen molar-refractivity contribution in [3.63, 3.8) is 0 Å². The van der Waals surface area contributed by atoms with Gasteiger partial charge in [0.2, 0.25) is 0 Å². The zero-order valence-corrected chi connectivity index (χ0v) is 12.6. The van der Waals surface area contributed by atoms with Crippen LogP contribution in [0.4, 0.5) is 0 Å². The number of rotatable bonds is 4. The van der Waals surface area contributed by atoms with E-state index >= 15 is 0 Å². The van der Waals surface area contributed by atoms with Crippen molar-refractivity contribution in [2.45, 2.75) is 46.6 Å². The minimum Gasteiger partial charge on any atom is -0.288 e. The molecule has 0 saturated carbocycles. The third-order valence-electron chi connectivity index (χ3n) is 3.35. The summed E-state index contributed by atoms with van der Waals surface area (Å²) in [6.45, 7) is 12.8. The first-order valence-electron chi connectivity index (χ1n) is 6.48. The van der Waals surface area contributed by atoms with E-state index in [0.29, 0.717) is 6.67 Å². The second-order valence-corrected chi connectivity index (χ2v) is 6.22. The summed E-state index contributed by atoms with van der Waals surface area (Å²) in [6, 6.07) is 4.62. The summed E-state index contributed by atoms with van der Waals surface area (Å²) in [5.41, 5.74) is 8.43. The number of nitrogens with zero attached hydrogens (tertiary/aromatic N) is 1. The zero-order chi connectivity index (χ0) is 13.9. The average molecular weight is 249 g/mol. The molecule has 1 aromatic carbocycles. The Morgan fingerprint density at radius 2 is 1.67 bits per heavy atom. The molecular formula is C15H27N3. The van der Waals surface area contributed by atoms with E-state index in [4.69, 9.17) is 5.84 Å². The lowest BCUT2D eigenvalue weighted by molar-refractivity contribution is 0.300. The van der Waals surface area contributed by atoms with Crippen molar-refractivity contribution in [2.75, 3.05) is 13.7 Å². The number of hydrogen-bond donors (Lipinski definition) is 2. The van der Waals surface area contributed by atoms with Crippen LogP contribution in [0.15, 0.2) is 12.1 Å². The third-order valence-corrected chi connectivity index (χ3v) is 3.35. The molecule has 0 aliphatic heterocycles. The molecule has 0 fully saturated rings. The lowest BCUT2D eigenvalue weighted by atomic mass is 9.84. The molecule has 0 aromatic heterocycles. The van der Waals surface area contributed by atoms with Crippen LogP contribution in [0.5, 0.6) is 0 Å². The molecule has 1 aromatic rings. The molecule has 0 radical (unpaired) electrons. The average Bonchev–Trinajstić information content (AvgIpc) is 2.22. The Hall–Kier alpha value is -0.900. The van der Waals surface area contributed by atoms with Crippen LogP contribution in [0.25, 0.3) is 0 Å². The SMILES string of the molecule is Cc1cc(C(C)(C)C)cc(C)c1CN(C)CNN. The zero-order valence-electron chi connectivity index (χ0n) is 12.6. The topological polar surface area (TPSA) is 41.3 Å². The van der Waals surface area contributed by atoms with Gasteiger partial charge in [0.1, 0.15) is 0 Å². The van der Waals surface area contributed by atoms with Crippen LogP contribution in [-0.4, -0.2) is 18.6 Å². The van der Waals surface area contributed by atoms with Gasteiger partial charge in [-0.2, -0.15) is 0 Å². The van der Waals surface area contributed by atoms with Gasteiger partial charge in [-0.05, 0) is 48.6 Å². The standard InChI is InChI=1S/C15H27N3/c1-11-7-13(15(3,4)5)8-12(2)14(11)9-18(6)10-17-16/h7-8,17H,9-10,16H2,1-6H3. The van der Waals surface area contributed by atoms with Gasteiger partial charge in [0, 0.05) is 6.54 Å². The van der Waals surface area contributed by atoms with E-state index < -0.39 is 0 Å². The van der Waals surface area contributed by atoms with Gasteiger partial charge >= 0.3 is 0 Å². The first-order valence-corrected chi connectivity index (χ1v) is 6.48. The summed E-state index contributed by atoms with van der Waals surface area (Å²) in [4.78, 5) is 2.17. The molecule has 0 bridgehead atoms. The number of aryl methyl sites for hydroxylation is 2. The lowest BCUT2D eigenvalue weighted by Gasteiger charge is -2.24. The van der Waals surface area contributed by atoms with Gasteiger partial charge in [-0.1, -0.05) is 32.9 Å². The van der Waals surface area contributed by atoms with Crippen LogP contribution in [0.3, 0.4) is 0 Å². The molecule has 3 nitrogen and oxygen atoms in total. The second kappa shape index (κ2) is 5.83. The van der Waals surface area contributed by atoms with Gasteiger partial charge in [0.05, 0.1) is 6.67 Å². The molecule has 0 aliphatic carbocycles. The minimum absolute atomic E-state index is 0.207. The Morgan fingerprint density at radius 3 is 2.06 bits per heavy atom. The molecule has 0 aliphatic rings. The fraction of sp³-hybridized carbons (Fsp3) is 0.600. The van der Waals surface area contributed by atoms with Crippen LogP contribution >= 0.6 is 0 Å². The summed E-state index contributed by atoms with van der Waals surface area (Å²) in [5, 5.41) is 0. The van der Waals surface area contributed by atoms with Crippen molar-refractivity contribution in [3.8, 4) is 0 Å². The van der Waals surface area contributed by atoms with E-state index in [1.165, 1.54) is 22.3 Å². The van der Waals surface area contributed by atoms with Crippen LogP contribution in [0.1, 0.15) is 43.0 Å². The summed E-state index contributed by atoms with van der Waals surface area (Å²) in [5.74, 6) is 5.35. The molecule has 18 heavy (non-hydrogen) atoms. The molecule has 0 spiro atoms. The van der Waals surface area contributed by atoms with Crippen molar-refractivity contribution in [3.05, 3.63) is 34.4 Å².